The molecule has 1 amide bonds. The van der Waals surface area contributed by atoms with Crippen LogP contribution in [0.5, 0.6) is 0 Å². The summed E-state index contributed by atoms with van der Waals surface area (Å²) in [5.74, 6) is 0. The molecule has 2 aromatic carbocycles. The Kier molecular flexibility index (Phi) is 6.62. The number of benzene rings is 2. The van der Waals surface area contributed by atoms with Crippen molar-refractivity contribution in [3.63, 3.8) is 0 Å². The number of hydrogen-bond acceptors (Lipinski definition) is 5. The van der Waals surface area contributed by atoms with Gasteiger partial charge in [0.15, 0.2) is 0 Å². The minimum atomic E-state index is -0.974. The number of ether oxygens (including phenoxy) is 2. The number of aromatic nitrogens is 2. The van der Waals surface area contributed by atoms with Gasteiger partial charge in [-0.2, -0.15) is 5.10 Å². The van der Waals surface area contributed by atoms with Crippen molar-refractivity contribution in [2.45, 2.75) is 63.3 Å². The Morgan fingerprint density at radius 2 is 1.89 bits per heavy atom. The van der Waals surface area contributed by atoms with Gasteiger partial charge in [0.1, 0.15) is 5.60 Å². The van der Waals surface area contributed by atoms with Crippen LogP contribution in [-0.4, -0.2) is 51.2 Å². The van der Waals surface area contributed by atoms with Gasteiger partial charge >= 0.3 is 6.09 Å². The maximum Gasteiger partial charge on any atom is 0.411 e. The van der Waals surface area contributed by atoms with Crippen LogP contribution in [0.25, 0.3) is 11.1 Å². The quantitative estimate of drug-likeness (QED) is 0.476. The van der Waals surface area contributed by atoms with Crippen molar-refractivity contribution in [3.05, 3.63) is 78.1 Å². The molecule has 0 saturated carbocycles. The van der Waals surface area contributed by atoms with Gasteiger partial charge in [0.25, 0.3) is 0 Å². The second-order valence-corrected chi connectivity index (χ2v) is 10.7. The fraction of sp³-hybridized carbons (Fsp3) is 0.448. The SMILES string of the molecule is C[C@@H](c1ccc(-c2cnn([C@H]3CCOC3)c2)cc1)N1CC[C@](CC(C)(C)O)(c2ccccc2)OC1=O. The predicted octanol–water partition coefficient (Wildman–Crippen LogP) is 5.47. The van der Waals surface area contributed by atoms with E-state index in [1.165, 1.54) is 0 Å². The zero-order valence-electron chi connectivity index (χ0n) is 21.3. The molecule has 7 heteroatoms. The largest absolute Gasteiger partial charge is 0.438 e. The predicted molar refractivity (Wildman–Crippen MR) is 137 cm³/mol. The van der Waals surface area contributed by atoms with Crippen molar-refractivity contribution in [2.75, 3.05) is 19.8 Å². The van der Waals surface area contributed by atoms with Crippen LogP contribution in [-0.2, 0) is 15.1 Å². The number of carbonyl (C=O) groups excluding carboxylic acids is 1. The molecular weight excluding hydrogens is 454 g/mol. The fourth-order valence-corrected chi connectivity index (χ4v) is 5.44. The minimum Gasteiger partial charge on any atom is -0.438 e. The van der Waals surface area contributed by atoms with Crippen LogP contribution < -0.4 is 0 Å². The first-order valence-corrected chi connectivity index (χ1v) is 12.7. The number of amides is 1. The molecule has 3 atom stereocenters. The second kappa shape index (κ2) is 9.71. The van der Waals surface area contributed by atoms with Crippen LogP contribution in [0.4, 0.5) is 4.79 Å². The molecule has 190 valence electrons. The lowest BCUT2D eigenvalue weighted by atomic mass is 9.80. The van der Waals surface area contributed by atoms with Gasteiger partial charge in [-0.3, -0.25) is 4.68 Å². The van der Waals surface area contributed by atoms with Crippen molar-refractivity contribution < 1.29 is 19.4 Å². The number of rotatable bonds is 7. The molecule has 3 heterocycles. The smallest absolute Gasteiger partial charge is 0.411 e. The van der Waals surface area contributed by atoms with E-state index < -0.39 is 11.2 Å². The molecular formula is C29H35N3O4. The monoisotopic (exact) mass is 489 g/mol. The molecule has 0 radical (unpaired) electrons. The van der Waals surface area contributed by atoms with Crippen LogP contribution in [0, 0.1) is 0 Å². The van der Waals surface area contributed by atoms with E-state index in [0.717, 1.165) is 35.3 Å². The molecule has 0 aliphatic carbocycles. The molecule has 5 rings (SSSR count). The van der Waals surface area contributed by atoms with Crippen molar-refractivity contribution in [1.29, 1.82) is 0 Å². The summed E-state index contributed by atoms with van der Waals surface area (Å²) in [5.41, 5.74) is 2.30. The molecule has 2 aliphatic rings. The topological polar surface area (TPSA) is 76.8 Å². The van der Waals surface area contributed by atoms with Crippen LogP contribution in [0.3, 0.4) is 0 Å². The highest BCUT2D eigenvalue weighted by Gasteiger charge is 2.46. The average molecular weight is 490 g/mol. The average Bonchev–Trinajstić information content (AvgIpc) is 3.56. The first-order chi connectivity index (χ1) is 17.2. The maximum absolute atomic E-state index is 13.3. The zero-order valence-corrected chi connectivity index (χ0v) is 21.3. The van der Waals surface area contributed by atoms with Gasteiger partial charge < -0.3 is 19.5 Å². The standard InChI is InChI=1S/C29H35N3O4/c1-21(22-9-11-23(12-10-22)24-17-30-32(18-24)26-13-16-35-19-26)31-15-14-29(36-27(31)33,20-28(2,3)34)25-7-5-4-6-8-25/h4-12,17-18,21,26,34H,13-16,19-20H2,1-3H3/t21-,26-,29-/m0/s1. The number of carbonyl (C=O) groups is 1. The Bertz CT molecular complexity index is 1180. The molecule has 0 spiro atoms. The van der Waals surface area contributed by atoms with E-state index in [-0.39, 0.29) is 12.1 Å². The number of nitrogens with zero attached hydrogens (tertiary/aromatic N) is 3. The Morgan fingerprint density at radius 3 is 2.53 bits per heavy atom. The van der Waals surface area contributed by atoms with Gasteiger partial charge in [0, 0.05) is 37.8 Å². The summed E-state index contributed by atoms with van der Waals surface area (Å²) < 4.78 is 13.6. The second-order valence-electron chi connectivity index (χ2n) is 10.7. The number of aliphatic hydroxyl groups is 1. The van der Waals surface area contributed by atoms with Gasteiger partial charge in [0.2, 0.25) is 0 Å². The molecule has 1 N–H and O–H groups in total. The highest BCUT2D eigenvalue weighted by molar-refractivity contribution is 5.70. The summed E-state index contributed by atoms with van der Waals surface area (Å²) in [7, 11) is 0. The summed E-state index contributed by atoms with van der Waals surface area (Å²) in [6.45, 7) is 7.59. The van der Waals surface area contributed by atoms with E-state index in [9.17, 15) is 9.90 Å². The van der Waals surface area contributed by atoms with Gasteiger partial charge in [-0.1, -0.05) is 54.6 Å². The minimum absolute atomic E-state index is 0.138. The lowest BCUT2D eigenvalue weighted by molar-refractivity contribution is -0.101. The highest BCUT2D eigenvalue weighted by Crippen LogP contribution is 2.42. The number of cyclic esters (lactones) is 1. The normalized spacial score (nSPS) is 23.5. The van der Waals surface area contributed by atoms with Gasteiger partial charge in [-0.05, 0) is 43.9 Å². The van der Waals surface area contributed by atoms with E-state index in [2.05, 4.69) is 35.6 Å². The Morgan fingerprint density at radius 1 is 1.14 bits per heavy atom. The molecule has 2 saturated heterocycles. The zero-order chi connectivity index (χ0) is 25.3. The van der Waals surface area contributed by atoms with E-state index in [0.29, 0.717) is 32.0 Å². The molecule has 7 nitrogen and oxygen atoms in total. The molecule has 2 fully saturated rings. The van der Waals surface area contributed by atoms with Crippen LogP contribution in [0.2, 0.25) is 0 Å². The van der Waals surface area contributed by atoms with E-state index >= 15 is 0 Å². The molecule has 1 aromatic heterocycles. The first-order valence-electron chi connectivity index (χ1n) is 12.7. The molecule has 2 aliphatic heterocycles. The lowest BCUT2D eigenvalue weighted by Crippen LogP contribution is -2.51. The molecule has 0 unspecified atom stereocenters. The van der Waals surface area contributed by atoms with Gasteiger partial charge in [-0.25, -0.2) is 4.79 Å². The summed E-state index contributed by atoms with van der Waals surface area (Å²) in [4.78, 5) is 15.1. The lowest BCUT2D eigenvalue weighted by Gasteiger charge is -2.45. The third-order valence-corrected chi connectivity index (χ3v) is 7.37. The van der Waals surface area contributed by atoms with Gasteiger partial charge in [-0.15, -0.1) is 0 Å². The van der Waals surface area contributed by atoms with E-state index in [4.69, 9.17) is 9.47 Å². The highest BCUT2D eigenvalue weighted by atomic mass is 16.6. The third kappa shape index (κ3) is 5.04. The summed E-state index contributed by atoms with van der Waals surface area (Å²) >= 11 is 0. The third-order valence-electron chi connectivity index (χ3n) is 7.37. The Labute approximate surface area is 212 Å². The maximum atomic E-state index is 13.3. The van der Waals surface area contributed by atoms with E-state index in [1.54, 1.807) is 18.7 Å². The molecule has 3 aromatic rings. The van der Waals surface area contributed by atoms with Crippen molar-refractivity contribution in [3.8, 4) is 11.1 Å². The summed E-state index contributed by atoms with van der Waals surface area (Å²) in [6.07, 6.45) is 5.55. The summed E-state index contributed by atoms with van der Waals surface area (Å²) in [6, 6.07) is 18.2. The van der Waals surface area contributed by atoms with Crippen LogP contribution in [0.1, 0.15) is 63.2 Å². The van der Waals surface area contributed by atoms with E-state index in [1.807, 2.05) is 48.1 Å². The van der Waals surface area contributed by atoms with Gasteiger partial charge in [0.05, 0.1) is 30.5 Å². The van der Waals surface area contributed by atoms with Crippen molar-refractivity contribution >= 4 is 6.09 Å². The number of hydrogen-bond donors (Lipinski definition) is 1. The summed E-state index contributed by atoms with van der Waals surface area (Å²) in [5, 5.41) is 15.1. The first kappa shape index (κ1) is 24.5. The molecule has 36 heavy (non-hydrogen) atoms. The Balaban J connectivity index is 1.30. The van der Waals surface area contributed by atoms with Crippen LogP contribution in [0.15, 0.2) is 67.0 Å². The van der Waals surface area contributed by atoms with Crippen molar-refractivity contribution in [1.82, 2.24) is 14.7 Å². The van der Waals surface area contributed by atoms with Crippen molar-refractivity contribution in [2.24, 2.45) is 0 Å². The Hall–Kier alpha value is -3.16. The fourth-order valence-electron chi connectivity index (χ4n) is 5.44. The molecule has 0 bridgehead atoms. The van der Waals surface area contributed by atoms with Crippen LogP contribution >= 0.6 is 0 Å².